The van der Waals surface area contributed by atoms with Crippen LogP contribution in [0.25, 0.3) is 0 Å². The summed E-state index contributed by atoms with van der Waals surface area (Å²) in [5.74, 6) is -1.29. The van der Waals surface area contributed by atoms with Crippen molar-refractivity contribution in [3.05, 3.63) is 0 Å². The molecule has 0 aliphatic carbocycles. The van der Waals surface area contributed by atoms with Gasteiger partial charge in [-0.15, -0.1) is 0 Å². The van der Waals surface area contributed by atoms with Gasteiger partial charge >= 0.3 is 0 Å². The molecule has 0 rings (SSSR count). The Morgan fingerprint density at radius 3 is 1.31 bits per heavy atom. The predicted molar refractivity (Wildman–Crippen MR) is 51.8 cm³/mol. The zero-order chi connectivity index (χ0) is 10.8. The third-order valence-corrected chi connectivity index (χ3v) is 2.00. The maximum absolute atomic E-state index is 11.3. The molecule has 0 heterocycles. The maximum atomic E-state index is 11.3. The van der Waals surface area contributed by atoms with E-state index in [4.69, 9.17) is 23.2 Å². The lowest BCUT2D eigenvalue weighted by Gasteiger charge is -2.24. The first kappa shape index (κ1) is 12.5. The van der Waals surface area contributed by atoms with E-state index >= 15 is 0 Å². The van der Waals surface area contributed by atoms with Crippen molar-refractivity contribution < 1.29 is 9.59 Å². The number of hydrogen-bond donors (Lipinski definition) is 0. The number of alkyl halides is 2. The molecule has 0 fully saturated rings. The summed E-state index contributed by atoms with van der Waals surface area (Å²) in [5, 5.41) is 0. The molecule has 0 saturated heterocycles. The first-order valence-electron chi connectivity index (χ1n) is 3.52. The fourth-order valence-corrected chi connectivity index (χ4v) is 1.33. The number of nitrogens with zero attached hydrogens (tertiary/aromatic N) is 2. The van der Waals surface area contributed by atoms with Crippen molar-refractivity contribution in [2.24, 2.45) is 0 Å². The molecule has 0 radical (unpaired) electrons. The fraction of sp³-hybridized carbons (Fsp3) is 0.714. The number of rotatable bonds is 2. The molecule has 0 aromatic rings. The zero-order valence-electron chi connectivity index (χ0n) is 7.97. The van der Waals surface area contributed by atoms with Gasteiger partial charge in [0.15, 0.2) is 0 Å². The van der Waals surface area contributed by atoms with Crippen LogP contribution in [-0.4, -0.2) is 54.1 Å². The van der Waals surface area contributed by atoms with Crippen LogP contribution in [0.1, 0.15) is 0 Å². The topological polar surface area (TPSA) is 40.6 Å². The Labute approximate surface area is 87.4 Å². The van der Waals surface area contributed by atoms with Crippen LogP contribution < -0.4 is 0 Å². The molecule has 13 heavy (non-hydrogen) atoms. The summed E-state index contributed by atoms with van der Waals surface area (Å²) in [6, 6.07) is 0. The Morgan fingerprint density at radius 1 is 0.923 bits per heavy atom. The van der Waals surface area contributed by atoms with Crippen molar-refractivity contribution in [2.75, 3.05) is 28.2 Å². The van der Waals surface area contributed by atoms with Gasteiger partial charge in [0.2, 0.25) is 0 Å². The van der Waals surface area contributed by atoms with E-state index in [-0.39, 0.29) is 0 Å². The lowest BCUT2D eigenvalue weighted by atomic mass is 10.3. The molecule has 0 saturated carbocycles. The third kappa shape index (κ3) is 2.74. The number of halogens is 2. The molecule has 6 heteroatoms. The highest BCUT2D eigenvalue weighted by Gasteiger charge is 2.44. The van der Waals surface area contributed by atoms with Crippen LogP contribution >= 0.6 is 23.2 Å². The Kier molecular flexibility index (Phi) is 4.00. The van der Waals surface area contributed by atoms with E-state index < -0.39 is 16.1 Å². The highest BCUT2D eigenvalue weighted by Crippen LogP contribution is 2.24. The summed E-state index contributed by atoms with van der Waals surface area (Å²) in [6.07, 6.45) is 0. The monoisotopic (exact) mass is 226 g/mol. The van der Waals surface area contributed by atoms with Gasteiger partial charge in [-0.3, -0.25) is 9.59 Å². The minimum absolute atomic E-state index is 0.644. The van der Waals surface area contributed by atoms with Crippen LogP contribution in [-0.2, 0) is 9.59 Å². The van der Waals surface area contributed by atoms with E-state index in [2.05, 4.69) is 0 Å². The molecule has 0 aromatic heterocycles. The van der Waals surface area contributed by atoms with Crippen molar-refractivity contribution in [2.45, 2.75) is 4.33 Å². The molecule has 0 N–H and O–H groups in total. The fourth-order valence-electron chi connectivity index (χ4n) is 0.653. The largest absolute Gasteiger partial charge is 0.346 e. The van der Waals surface area contributed by atoms with E-state index in [1.807, 2.05) is 0 Å². The number of carbonyl (C=O) groups is 2. The standard InChI is InChI=1S/C7H12Cl2N2O2/c1-10(2)5(12)7(8,9)6(13)11(3)4/h1-4H3. The molecule has 0 aliphatic heterocycles. The Bertz CT molecular complexity index is 205. The van der Waals surface area contributed by atoms with Gasteiger partial charge in [-0.25, -0.2) is 0 Å². The maximum Gasteiger partial charge on any atom is 0.273 e. The number of hydrogen-bond acceptors (Lipinski definition) is 2. The van der Waals surface area contributed by atoms with Crippen LogP contribution in [0.15, 0.2) is 0 Å². The molecule has 0 bridgehead atoms. The van der Waals surface area contributed by atoms with Gasteiger partial charge in [-0.2, -0.15) is 0 Å². The predicted octanol–water partition coefficient (Wildman–Crippen LogP) is 0.337. The van der Waals surface area contributed by atoms with Crippen molar-refractivity contribution >= 4 is 35.0 Å². The quantitative estimate of drug-likeness (QED) is 0.504. The highest BCUT2D eigenvalue weighted by molar-refractivity contribution is 6.67. The molecule has 0 aliphatic rings. The smallest absolute Gasteiger partial charge is 0.273 e. The lowest BCUT2D eigenvalue weighted by molar-refractivity contribution is -0.139. The average Bonchev–Trinajstić information content (AvgIpc) is 2.01. The van der Waals surface area contributed by atoms with Crippen LogP contribution in [0.4, 0.5) is 0 Å². The molecule has 4 nitrogen and oxygen atoms in total. The summed E-state index contributed by atoms with van der Waals surface area (Å²) >= 11 is 11.2. The summed E-state index contributed by atoms with van der Waals surface area (Å²) in [6.45, 7) is 0. The molecular formula is C7H12Cl2N2O2. The summed E-state index contributed by atoms with van der Waals surface area (Å²) in [7, 11) is 5.91. The van der Waals surface area contributed by atoms with Crippen LogP contribution in [0.3, 0.4) is 0 Å². The second kappa shape index (κ2) is 4.15. The third-order valence-electron chi connectivity index (χ3n) is 1.35. The van der Waals surface area contributed by atoms with Gasteiger partial charge in [0.1, 0.15) is 0 Å². The number of amides is 2. The SMILES string of the molecule is CN(C)C(=O)C(Cl)(Cl)C(=O)N(C)C. The van der Waals surface area contributed by atoms with E-state index in [9.17, 15) is 9.59 Å². The normalized spacial score (nSPS) is 10.9. The van der Waals surface area contributed by atoms with E-state index in [1.54, 1.807) is 0 Å². The second-order valence-corrected chi connectivity index (χ2v) is 4.30. The lowest BCUT2D eigenvalue weighted by Crippen LogP contribution is -2.48. The minimum atomic E-state index is -2.02. The van der Waals surface area contributed by atoms with Gasteiger partial charge in [-0.1, -0.05) is 23.2 Å². The molecular weight excluding hydrogens is 215 g/mol. The van der Waals surface area contributed by atoms with E-state index in [1.165, 1.54) is 38.0 Å². The Balaban J connectivity index is 4.76. The summed E-state index contributed by atoms with van der Waals surface area (Å²) in [5.41, 5.74) is 0. The van der Waals surface area contributed by atoms with Crippen LogP contribution in [0, 0.1) is 0 Å². The molecule has 0 unspecified atom stereocenters. The minimum Gasteiger partial charge on any atom is -0.346 e. The zero-order valence-corrected chi connectivity index (χ0v) is 9.48. The van der Waals surface area contributed by atoms with Gasteiger partial charge in [0.25, 0.3) is 16.1 Å². The van der Waals surface area contributed by atoms with E-state index in [0.29, 0.717) is 0 Å². The van der Waals surface area contributed by atoms with Crippen molar-refractivity contribution in [1.29, 1.82) is 0 Å². The molecule has 76 valence electrons. The van der Waals surface area contributed by atoms with Crippen molar-refractivity contribution in [3.8, 4) is 0 Å². The first-order valence-corrected chi connectivity index (χ1v) is 4.28. The van der Waals surface area contributed by atoms with Gasteiger partial charge in [-0.05, 0) is 0 Å². The Morgan fingerprint density at radius 2 is 1.15 bits per heavy atom. The second-order valence-electron chi connectivity index (χ2n) is 2.97. The highest BCUT2D eigenvalue weighted by atomic mass is 35.5. The molecule has 0 aromatic carbocycles. The summed E-state index contributed by atoms with van der Waals surface area (Å²) in [4.78, 5) is 25.0. The van der Waals surface area contributed by atoms with Crippen molar-refractivity contribution in [1.82, 2.24) is 9.80 Å². The Hall–Kier alpha value is -0.480. The number of carbonyl (C=O) groups excluding carboxylic acids is 2. The molecule has 0 spiro atoms. The van der Waals surface area contributed by atoms with Gasteiger partial charge < -0.3 is 9.80 Å². The van der Waals surface area contributed by atoms with Crippen LogP contribution in [0.2, 0.25) is 0 Å². The van der Waals surface area contributed by atoms with Gasteiger partial charge in [0.05, 0.1) is 0 Å². The average molecular weight is 227 g/mol. The molecule has 2 amide bonds. The van der Waals surface area contributed by atoms with Gasteiger partial charge in [0, 0.05) is 28.2 Å². The van der Waals surface area contributed by atoms with E-state index in [0.717, 1.165) is 0 Å². The van der Waals surface area contributed by atoms with Crippen LogP contribution in [0.5, 0.6) is 0 Å². The van der Waals surface area contributed by atoms with Crippen molar-refractivity contribution in [3.63, 3.8) is 0 Å². The summed E-state index contributed by atoms with van der Waals surface area (Å²) < 4.78 is -2.02. The molecule has 0 atom stereocenters. The first-order chi connectivity index (χ1) is 5.71.